The molecule has 3 N–H and O–H groups in total. The van der Waals surface area contributed by atoms with Crippen LogP contribution in [0.2, 0.25) is 0 Å². The molecule has 0 saturated heterocycles. The van der Waals surface area contributed by atoms with Crippen LogP contribution in [-0.2, 0) is 12.8 Å². The molecule has 0 aliphatic heterocycles. The number of para-hydroxylation sites is 1. The number of nitrogens with zero attached hydrogens (tertiary/aromatic N) is 2. The van der Waals surface area contributed by atoms with Gasteiger partial charge in [-0.15, -0.1) is 0 Å². The van der Waals surface area contributed by atoms with Gasteiger partial charge in [-0.05, 0) is 68.9 Å². The number of halogens is 1. The molecule has 1 aromatic heterocycles. The van der Waals surface area contributed by atoms with E-state index in [4.69, 9.17) is 5.73 Å². The molecule has 1 heterocycles. The standard InChI is InChI=1S/C22H27FN4O/c23-17-8-1-2-9-19(17)27-18-10-4-7-16(18)21(26-27)22(28)25-20-13-5-3-6-14(20)12-15(24)11-13/h1-2,8-9,13-15,20H,3-7,10-12,24H2,(H,25,28). The van der Waals surface area contributed by atoms with Crippen molar-refractivity contribution in [2.24, 2.45) is 17.6 Å². The van der Waals surface area contributed by atoms with Crippen LogP contribution >= 0.6 is 0 Å². The summed E-state index contributed by atoms with van der Waals surface area (Å²) in [6, 6.07) is 7.07. The second kappa shape index (κ2) is 6.99. The van der Waals surface area contributed by atoms with Crippen LogP contribution < -0.4 is 11.1 Å². The maximum Gasteiger partial charge on any atom is 0.272 e. The maximum atomic E-state index is 14.3. The number of carbonyl (C=O) groups is 1. The number of hydrogen-bond acceptors (Lipinski definition) is 3. The first-order valence-electron chi connectivity index (χ1n) is 10.5. The zero-order chi connectivity index (χ0) is 19.3. The second-order valence-corrected chi connectivity index (χ2v) is 8.67. The lowest BCUT2D eigenvalue weighted by molar-refractivity contribution is 0.0750. The van der Waals surface area contributed by atoms with Crippen LogP contribution in [0.25, 0.3) is 5.69 Å². The predicted octanol–water partition coefficient (Wildman–Crippen LogP) is 3.14. The Bertz CT molecular complexity index is 894. The van der Waals surface area contributed by atoms with Gasteiger partial charge >= 0.3 is 0 Å². The molecule has 6 heteroatoms. The summed E-state index contributed by atoms with van der Waals surface area (Å²) in [4.78, 5) is 13.2. The topological polar surface area (TPSA) is 72.9 Å². The molecule has 3 aliphatic carbocycles. The summed E-state index contributed by atoms with van der Waals surface area (Å²) in [5.74, 6) is 0.509. The van der Waals surface area contributed by atoms with Gasteiger partial charge in [0.2, 0.25) is 0 Å². The number of carbonyl (C=O) groups excluding carboxylic acids is 1. The van der Waals surface area contributed by atoms with E-state index in [1.165, 1.54) is 12.5 Å². The number of hydrogen-bond donors (Lipinski definition) is 2. The van der Waals surface area contributed by atoms with Crippen LogP contribution in [0.5, 0.6) is 0 Å². The van der Waals surface area contributed by atoms with Gasteiger partial charge in [0.05, 0.1) is 0 Å². The minimum Gasteiger partial charge on any atom is -0.347 e. The molecular formula is C22H27FN4O. The van der Waals surface area contributed by atoms with Gasteiger partial charge in [-0.2, -0.15) is 5.10 Å². The molecule has 148 valence electrons. The SMILES string of the molecule is NC1CC2CCCC(C1)C2NC(=O)c1nn(-c2ccccc2F)c2c1CCC2. The molecule has 28 heavy (non-hydrogen) atoms. The summed E-state index contributed by atoms with van der Waals surface area (Å²) in [5.41, 5.74) is 9.07. The Hall–Kier alpha value is -2.21. The van der Waals surface area contributed by atoms with E-state index in [0.29, 0.717) is 23.2 Å². The van der Waals surface area contributed by atoms with Gasteiger partial charge in [0, 0.05) is 23.3 Å². The summed E-state index contributed by atoms with van der Waals surface area (Å²) in [6.07, 6.45) is 8.11. The normalized spacial score (nSPS) is 28.8. The molecule has 2 fully saturated rings. The molecule has 5 rings (SSSR count). The van der Waals surface area contributed by atoms with E-state index in [9.17, 15) is 9.18 Å². The minimum absolute atomic E-state index is 0.106. The van der Waals surface area contributed by atoms with Crippen molar-refractivity contribution in [3.8, 4) is 5.69 Å². The third kappa shape index (κ3) is 2.94. The van der Waals surface area contributed by atoms with Gasteiger partial charge in [0.1, 0.15) is 11.5 Å². The number of amides is 1. The van der Waals surface area contributed by atoms with Crippen molar-refractivity contribution in [1.82, 2.24) is 15.1 Å². The molecule has 0 spiro atoms. The maximum absolute atomic E-state index is 14.3. The van der Waals surface area contributed by atoms with Crippen molar-refractivity contribution in [1.29, 1.82) is 0 Å². The molecule has 2 bridgehead atoms. The van der Waals surface area contributed by atoms with Gasteiger partial charge in [-0.3, -0.25) is 4.79 Å². The Morgan fingerprint density at radius 2 is 1.89 bits per heavy atom. The van der Waals surface area contributed by atoms with Crippen LogP contribution in [0.4, 0.5) is 4.39 Å². The fraction of sp³-hybridized carbons (Fsp3) is 0.545. The van der Waals surface area contributed by atoms with Gasteiger partial charge in [0.25, 0.3) is 5.91 Å². The number of rotatable bonds is 3. The number of fused-ring (bicyclic) bond motifs is 3. The van der Waals surface area contributed by atoms with Crippen LogP contribution in [0.1, 0.15) is 60.3 Å². The summed E-state index contributed by atoms with van der Waals surface area (Å²) in [6.45, 7) is 0. The first kappa shape index (κ1) is 17.9. The van der Waals surface area contributed by atoms with Crippen molar-refractivity contribution in [3.63, 3.8) is 0 Å². The van der Waals surface area contributed by atoms with Crippen molar-refractivity contribution in [3.05, 3.63) is 47.0 Å². The van der Waals surface area contributed by atoms with E-state index in [1.54, 1.807) is 22.9 Å². The zero-order valence-corrected chi connectivity index (χ0v) is 16.0. The van der Waals surface area contributed by atoms with E-state index in [2.05, 4.69) is 10.4 Å². The summed E-state index contributed by atoms with van der Waals surface area (Å²) in [5, 5.41) is 7.88. The lowest BCUT2D eigenvalue weighted by Gasteiger charge is -2.45. The molecule has 3 aliphatic rings. The molecule has 2 unspecified atom stereocenters. The van der Waals surface area contributed by atoms with Crippen LogP contribution in [-0.4, -0.2) is 27.8 Å². The number of benzene rings is 1. The fourth-order valence-corrected chi connectivity index (χ4v) is 5.69. The highest BCUT2D eigenvalue weighted by molar-refractivity contribution is 5.94. The van der Waals surface area contributed by atoms with Crippen molar-refractivity contribution >= 4 is 5.91 Å². The van der Waals surface area contributed by atoms with Crippen molar-refractivity contribution < 1.29 is 9.18 Å². The van der Waals surface area contributed by atoms with E-state index in [1.807, 2.05) is 0 Å². The Morgan fingerprint density at radius 1 is 1.14 bits per heavy atom. The number of nitrogens with two attached hydrogens (primary N) is 1. The third-order valence-electron chi connectivity index (χ3n) is 6.90. The molecular weight excluding hydrogens is 355 g/mol. The lowest BCUT2D eigenvalue weighted by Crippen LogP contribution is -2.53. The van der Waals surface area contributed by atoms with E-state index >= 15 is 0 Å². The Kier molecular flexibility index (Phi) is 4.46. The molecule has 2 aromatic rings. The van der Waals surface area contributed by atoms with Crippen LogP contribution in [0.15, 0.2) is 24.3 Å². The summed E-state index contributed by atoms with van der Waals surface area (Å²) < 4.78 is 16.0. The summed E-state index contributed by atoms with van der Waals surface area (Å²) >= 11 is 0. The summed E-state index contributed by atoms with van der Waals surface area (Å²) in [7, 11) is 0. The van der Waals surface area contributed by atoms with E-state index in [-0.39, 0.29) is 23.8 Å². The van der Waals surface area contributed by atoms with Crippen molar-refractivity contribution in [2.45, 2.75) is 63.5 Å². The smallest absolute Gasteiger partial charge is 0.272 e. The molecule has 2 saturated carbocycles. The van der Waals surface area contributed by atoms with Crippen molar-refractivity contribution in [2.75, 3.05) is 0 Å². The van der Waals surface area contributed by atoms with Gasteiger partial charge in [-0.1, -0.05) is 18.6 Å². The number of aromatic nitrogens is 2. The third-order valence-corrected chi connectivity index (χ3v) is 6.90. The quantitative estimate of drug-likeness (QED) is 0.857. The van der Waals surface area contributed by atoms with Gasteiger partial charge in [0.15, 0.2) is 5.69 Å². The molecule has 1 amide bonds. The minimum atomic E-state index is -0.317. The van der Waals surface area contributed by atoms with Gasteiger partial charge < -0.3 is 11.1 Å². The molecule has 1 aromatic carbocycles. The molecule has 5 nitrogen and oxygen atoms in total. The predicted molar refractivity (Wildman–Crippen MR) is 105 cm³/mol. The van der Waals surface area contributed by atoms with Gasteiger partial charge in [-0.25, -0.2) is 9.07 Å². The molecule has 2 atom stereocenters. The van der Waals surface area contributed by atoms with E-state index in [0.717, 1.165) is 56.2 Å². The monoisotopic (exact) mass is 382 g/mol. The Morgan fingerprint density at radius 3 is 2.64 bits per heavy atom. The highest BCUT2D eigenvalue weighted by atomic mass is 19.1. The average Bonchev–Trinajstić information content (AvgIpc) is 3.26. The van der Waals surface area contributed by atoms with Crippen LogP contribution in [0.3, 0.4) is 0 Å². The fourth-order valence-electron chi connectivity index (χ4n) is 5.69. The first-order valence-corrected chi connectivity index (χ1v) is 10.5. The highest BCUT2D eigenvalue weighted by Crippen LogP contribution is 2.40. The number of nitrogens with one attached hydrogen (secondary N) is 1. The molecule has 0 radical (unpaired) electrons. The van der Waals surface area contributed by atoms with E-state index < -0.39 is 0 Å². The second-order valence-electron chi connectivity index (χ2n) is 8.67. The highest BCUT2D eigenvalue weighted by Gasteiger charge is 2.40. The Labute approximate surface area is 164 Å². The van der Waals surface area contributed by atoms with Crippen LogP contribution in [0, 0.1) is 17.7 Å². The first-order chi connectivity index (χ1) is 13.6. The lowest BCUT2D eigenvalue weighted by atomic mass is 9.67. The Balaban J connectivity index is 1.45. The zero-order valence-electron chi connectivity index (χ0n) is 16.0. The largest absolute Gasteiger partial charge is 0.347 e. The average molecular weight is 382 g/mol.